The fraction of sp³-hybridized carbons (Fsp3) is 0.696. The minimum absolute atomic E-state index is 0. The Kier molecular flexibility index (Phi) is 11.9. The van der Waals surface area contributed by atoms with Crippen LogP contribution in [-0.4, -0.2) is 99.4 Å². The van der Waals surface area contributed by atoms with Crippen molar-refractivity contribution in [1.82, 2.24) is 20.0 Å². The summed E-state index contributed by atoms with van der Waals surface area (Å²) in [7, 11) is 1.87. The van der Waals surface area contributed by atoms with Crippen LogP contribution >= 0.6 is 24.0 Å². The molecule has 8 heteroatoms. The number of ether oxygens (including phenoxy) is 2. The SMILES string of the molecule is CCN(CC)CCOc1ccc(CNC(=NC)N2CCC(N3CCOCC3)C2)cc1.I. The molecule has 1 aromatic carbocycles. The molecule has 0 amide bonds. The molecule has 7 nitrogen and oxygen atoms in total. The molecule has 2 saturated heterocycles. The lowest BCUT2D eigenvalue weighted by atomic mass is 10.2. The number of hydrogen-bond donors (Lipinski definition) is 1. The number of aliphatic imine (C=N–C) groups is 1. The Morgan fingerprint density at radius 2 is 1.87 bits per heavy atom. The molecule has 0 aromatic heterocycles. The first-order chi connectivity index (χ1) is 14.7. The van der Waals surface area contributed by atoms with E-state index in [9.17, 15) is 0 Å². The van der Waals surface area contributed by atoms with E-state index in [2.05, 4.69) is 63.1 Å². The van der Waals surface area contributed by atoms with Crippen LogP contribution in [0.1, 0.15) is 25.8 Å². The van der Waals surface area contributed by atoms with E-state index in [1.807, 2.05) is 7.05 Å². The van der Waals surface area contributed by atoms with Gasteiger partial charge in [0.05, 0.1) is 13.2 Å². The Hall–Kier alpha value is -1.10. The third kappa shape index (κ3) is 8.07. The van der Waals surface area contributed by atoms with Gasteiger partial charge in [-0.3, -0.25) is 9.89 Å². The molecule has 176 valence electrons. The molecule has 2 aliphatic heterocycles. The zero-order chi connectivity index (χ0) is 21.2. The maximum absolute atomic E-state index is 5.89. The molecule has 2 fully saturated rings. The normalized spacial score (nSPS) is 20.1. The molecule has 0 radical (unpaired) electrons. The number of nitrogens with zero attached hydrogens (tertiary/aromatic N) is 4. The predicted octanol–water partition coefficient (Wildman–Crippen LogP) is 2.51. The monoisotopic (exact) mass is 545 g/mol. The van der Waals surface area contributed by atoms with E-state index in [-0.39, 0.29) is 24.0 Å². The summed E-state index contributed by atoms with van der Waals surface area (Å²) < 4.78 is 11.4. The van der Waals surface area contributed by atoms with Gasteiger partial charge in [-0.25, -0.2) is 0 Å². The summed E-state index contributed by atoms with van der Waals surface area (Å²) in [6.45, 7) is 14.9. The van der Waals surface area contributed by atoms with Crippen molar-refractivity contribution in [1.29, 1.82) is 0 Å². The highest BCUT2D eigenvalue weighted by Crippen LogP contribution is 2.17. The second-order valence-corrected chi connectivity index (χ2v) is 7.96. The zero-order valence-corrected chi connectivity index (χ0v) is 21.7. The smallest absolute Gasteiger partial charge is 0.193 e. The third-order valence-electron chi connectivity index (χ3n) is 6.18. The summed E-state index contributed by atoms with van der Waals surface area (Å²) >= 11 is 0. The fourth-order valence-corrected chi connectivity index (χ4v) is 4.22. The zero-order valence-electron chi connectivity index (χ0n) is 19.4. The maximum Gasteiger partial charge on any atom is 0.193 e. The Balaban J connectivity index is 0.00000341. The minimum atomic E-state index is 0. The van der Waals surface area contributed by atoms with Gasteiger partial charge in [0.1, 0.15) is 12.4 Å². The Bertz CT molecular complexity index is 648. The predicted molar refractivity (Wildman–Crippen MR) is 138 cm³/mol. The fourth-order valence-electron chi connectivity index (χ4n) is 4.22. The van der Waals surface area contributed by atoms with Crippen molar-refractivity contribution in [2.45, 2.75) is 32.9 Å². The minimum Gasteiger partial charge on any atom is -0.492 e. The maximum atomic E-state index is 5.89. The Morgan fingerprint density at radius 3 is 2.52 bits per heavy atom. The molecule has 1 atom stereocenters. The number of hydrogen-bond acceptors (Lipinski definition) is 5. The number of guanidine groups is 1. The van der Waals surface area contributed by atoms with Crippen LogP contribution in [0.15, 0.2) is 29.3 Å². The van der Waals surface area contributed by atoms with E-state index in [4.69, 9.17) is 9.47 Å². The molecule has 0 aliphatic carbocycles. The first-order valence-corrected chi connectivity index (χ1v) is 11.4. The van der Waals surface area contributed by atoms with Gasteiger partial charge < -0.3 is 24.6 Å². The van der Waals surface area contributed by atoms with Crippen LogP contribution in [0.4, 0.5) is 0 Å². The summed E-state index contributed by atoms with van der Waals surface area (Å²) in [6.07, 6.45) is 1.19. The summed E-state index contributed by atoms with van der Waals surface area (Å²) in [6, 6.07) is 9.00. The summed E-state index contributed by atoms with van der Waals surface area (Å²) in [5, 5.41) is 3.53. The number of morpholine rings is 1. The quantitative estimate of drug-likeness (QED) is 0.293. The van der Waals surface area contributed by atoms with Gasteiger partial charge in [0.15, 0.2) is 5.96 Å². The highest BCUT2D eigenvalue weighted by Gasteiger charge is 2.30. The molecule has 0 spiro atoms. The van der Waals surface area contributed by atoms with Crippen LogP contribution in [0.3, 0.4) is 0 Å². The molecular formula is C23H40IN5O2. The number of halogens is 1. The van der Waals surface area contributed by atoms with E-state index in [0.717, 1.165) is 83.9 Å². The molecular weight excluding hydrogens is 505 g/mol. The van der Waals surface area contributed by atoms with Gasteiger partial charge >= 0.3 is 0 Å². The highest BCUT2D eigenvalue weighted by atomic mass is 127. The summed E-state index contributed by atoms with van der Waals surface area (Å²) in [5.41, 5.74) is 1.23. The first-order valence-electron chi connectivity index (χ1n) is 11.4. The van der Waals surface area contributed by atoms with Crippen molar-refractivity contribution in [3.8, 4) is 5.75 Å². The second kappa shape index (κ2) is 14.1. The Morgan fingerprint density at radius 1 is 1.16 bits per heavy atom. The van der Waals surface area contributed by atoms with Crippen molar-refractivity contribution < 1.29 is 9.47 Å². The number of benzene rings is 1. The van der Waals surface area contributed by atoms with Crippen LogP contribution in [-0.2, 0) is 11.3 Å². The lowest BCUT2D eigenvalue weighted by molar-refractivity contribution is 0.0195. The molecule has 1 N–H and O–H groups in total. The lowest BCUT2D eigenvalue weighted by Gasteiger charge is -2.32. The second-order valence-electron chi connectivity index (χ2n) is 7.96. The lowest BCUT2D eigenvalue weighted by Crippen LogP contribution is -2.46. The number of likely N-dealkylation sites (tertiary alicyclic amines) is 1. The van der Waals surface area contributed by atoms with E-state index in [1.54, 1.807) is 0 Å². The highest BCUT2D eigenvalue weighted by molar-refractivity contribution is 14.0. The van der Waals surface area contributed by atoms with Gasteiger partial charge in [-0.2, -0.15) is 0 Å². The largest absolute Gasteiger partial charge is 0.492 e. The van der Waals surface area contributed by atoms with E-state index < -0.39 is 0 Å². The van der Waals surface area contributed by atoms with Gasteiger partial charge in [-0.05, 0) is 37.2 Å². The Labute approximate surface area is 205 Å². The summed E-state index contributed by atoms with van der Waals surface area (Å²) in [4.78, 5) is 11.8. The average Bonchev–Trinajstić information content (AvgIpc) is 3.29. The van der Waals surface area contributed by atoms with Crippen LogP contribution in [0.2, 0.25) is 0 Å². The molecule has 0 bridgehead atoms. The van der Waals surface area contributed by atoms with Crippen molar-refractivity contribution in [3.63, 3.8) is 0 Å². The number of rotatable bonds is 9. The van der Waals surface area contributed by atoms with Crippen LogP contribution in [0.25, 0.3) is 0 Å². The van der Waals surface area contributed by atoms with Gasteiger partial charge in [-0.1, -0.05) is 26.0 Å². The molecule has 2 aliphatic rings. The molecule has 2 heterocycles. The molecule has 1 unspecified atom stereocenters. The van der Waals surface area contributed by atoms with E-state index in [1.165, 1.54) is 12.0 Å². The van der Waals surface area contributed by atoms with Gasteiger partial charge in [0, 0.05) is 52.4 Å². The third-order valence-corrected chi connectivity index (χ3v) is 6.18. The van der Waals surface area contributed by atoms with Crippen molar-refractivity contribution in [2.75, 3.05) is 72.7 Å². The molecule has 31 heavy (non-hydrogen) atoms. The molecule has 3 rings (SSSR count). The van der Waals surface area contributed by atoms with Gasteiger partial charge in [-0.15, -0.1) is 24.0 Å². The number of likely N-dealkylation sites (N-methyl/N-ethyl adjacent to an activating group) is 1. The van der Waals surface area contributed by atoms with E-state index in [0.29, 0.717) is 6.04 Å². The molecule has 1 aromatic rings. The van der Waals surface area contributed by atoms with Gasteiger partial charge in [0.2, 0.25) is 0 Å². The first kappa shape index (κ1) is 26.2. The molecule has 0 saturated carbocycles. The van der Waals surface area contributed by atoms with Crippen LogP contribution in [0.5, 0.6) is 5.75 Å². The average molecular weight is 546 g/mol. The van der Waals surface area contributed by atoms with Gasteiger partial charge in [0.25, 0.3) is 0 Å². The van der Waals surface area contributed by atoms with E-state index >= 15 is 0 Å². The van der Waals surface area contributed by atoms with Crippen LogP contribution < -0.4 is 10.1 Å². The summed E-state index contributed by atoms with van der Waals surface area (Å²) in [5.74, 6) is 1.92. The van der Waals surface area contributed by atoms with Crippen molar-refractivity contribution in [3.05, 3.63) is 29.8 Å². The van der Waals surface area contributed by atoms with Crippen molar-refractivity contribution in [2.24, 2.45) is 4.99 Å². The van der Waals surface area contributed by atoms with Crippen LogP contribution in [0, 0.1) is 0 Å². The standard InChI is InChI=1S/C23H39N5O2.HI/c1-4-26(5-2)12-17-30-22-8-6-20(7-9-22)18-25-23(24-3)28-11-10-21(19-28)27-13-15-29-16-14-27;/h6-9,21H,4-5,10-19H2,1-3H3,(H,24,25);1H. The topological polar surface area (TPSA) is 52.6 Å². The number of nitrogens with one attached hydrogen (secondary N) is 1. The van der Waals surface area contributed by atoms with Crippen molar-refractivity contribution >= 4 is 29.9 Å².